The molecule has 0 radical (unpaired) electrons. The lowest BCUT2D eigenvalue weighted by molar-refractivity contribution is -0.117. The molecule has 1 heterocycles. The number of aromatic nitrogens is 2. The molecule has 2 bridgehead atoms. The van der Waals surface area contributed by atoms with Gasteiger partial charge in [-0.3, -0.25) is 9.59 Å². The minimum absolute atomic E-state index is 0.0433. The number of anilines is 4. The number of hydrogen-bond donors (Lipinski definition) is 5. The van der Waals surface area contributed by atoms with E-state index >= 15 is 0 Å². The minimum Gasteiger partial charge on any atom is -0.495 e. The number of rotatable bonds is 13. The van der Waals surface area contributed by atoms with Gasteiger partial charge in [0.1, 0.15) is 16.5 Å². The number of fused-ring (bicyclic) bond motifs is 3. The van der Waals surface area contributed by atoms with E-state index in [-0.39, 0.29) is 50.9 Å². The van der Waals surface area contributed by atoms with Gasteiger partial charge >= 0.3 is 0 Å². The van der Waals surface area contributed by atoms with Crippen LogP contribution in [0.1, 0.15) is 48.9 Å². The number of sulfonamides is 1. The van der Waals surface area contributed by atoms with E-state index in [1.165, 1.54) is 45.7 Å². The van der Waals surface area contributed by atoms with Crippen molar-refractivity contribution in [2.45, 2.75) is 49.0 Å². The number of nitrogens with one attached hydrogen (secondary N) is 4. The van der Waals surface area contributed by atoms with Gasteiger partial charge in [-0.25, -0.2) is 18.5 Å². The van der Waals surface area contributed by atoms with Crippen molar-refractivity contribution < 1.29 is 32.2 Å². The van der Waals surface area contributed by atoms with E-state index in [1.54, 1.807) is 24.3 Å². The molecule has 47 heavy (non-hydrogen) atoms. The second-order valence-electron chi connectivity index (χ2n) is 11.8. The van der Waals surface area contributed by atoms with Gasteiger partial charge in [0, 0.05) is 23.8 Å². The second-order valence-corrected chi connectivity index (χ2v) is 13.3. The zero-order valence-corrected chi connectivity index (χ0v) is 27.3. The summed E-state index contributed by atoms with van der Waals surface area (Å²) in [6.07, 6.45) is 7.91. The highest BCUT2D eigenvalue weighted by Gasteiger charge is 2.49. The predicted octanol–water partition coefficient (Wildman–Crippen LogP) is 3.76. The van der Waals surface area contributed by atoms with Crippen molar-refractivity contribution in [1.29, 1.82) is 0 Å². The topological polar surface area (TPSA) is 196 Å². The highest BCUT2D eigenvalue weighted by Crippen LogP contribution is 2.52. The molecule has 3 saturated carbocycles. The second kappa shape index (κ2) is 13.5. The fourth-order valence-electron chi connectivity index (χ4n) is 6.38. The van der Waals surface area contributed by atoms with Crippen LogP contribution < -0.4 is 40.6 Å². The lowest BCUT2D eigenvalue weighted by Gasteiger charge is -2.53. The third-order valence-electron chi connectivity index (χ3n) is 8.99. The first-order valence-corrected chi connectivity index (χ1v) is 16.5. The molecule has 250 valence electrons. The van der Waals surface area contributed by atoms with Crippen LogP contribution in [-0.4, -0.2) is 63.6 Å². The molecule has 0 unspecified atom stereocenters. The van der Waals surface area contributed by atoms with E-state index in [9.17, 15) is 18.0 Å². The smallest absolute Gasteiger partial charge is 0.251 e. The Morgan fingerprint density at radius 3 is 2.28 bits per heavy atom. The fraction of sp³-hybridized carbons (Fsp3) is 0.375. The van der Waals surface area contributed by atoms with Gasteiger partial charge in [0.2, 0.25) is 21.9 Å². The molecule has 0 saturated heterocycles. The van der Waals surface area contributed by atoms with Gasteiger partial charge in [0.25, 0.3) is 5.91 Å². The first-order chi connectivity index (χ1) is 22.4. The van der Waals surface area contributed by atoms with Crippen LogP contribution in [0.4, 0.5) is 23.1 Å². The summed E-state index contributed by atoms with van der Waals surface area (Å²) in [5, 5.41) is 17.8. The molecule has 3 aliphatic rings. The number of benzene rings is 2. The lowest BCUT2D eigenvalue weighted by atomic mass is 9.57. The molecule has 1 aromatic heterocycles. The molecule has 3 aliphatic carbocycles. The van der Waals surface area contributed by atoms with Crippen molar-refractivity contribution in [3.63, 3.8) is 0 Å². The quantitative estimate of drug-likeness (QED) is 0.167. The SMILES string of the molecule is C=CC(=O)NCC12CCC(NC(=O)c3cc(Nc4nccc(Nc5cccc(OC)c5S(N)(=O)=O)n4)c(OC)c(OC)c3)(CC1)CC2. The number of hydrogen-bond acceptors (Lipinski definition) is 11. The monoisotopic (exact) mass is 665 g/mol. The van der Waals surface area contributed by atoms with E-state index in [0.717, 1.165) is 38.5 Å². The van der Waals surface area contributed by atoms with E-state index in [1.807, 2.05) is 0 Å². The maximum atomic E-state index is 13.7. The molecule has 6 N–H and O–H groups in total. The van der Waals surface area contributed by atoms with Crippen LogP contribution in [-0.2, 0) is 14.8 Å². The third-order valence-corrected chi connectivity index (χ3v) is 9.98. The van der Waals surface area contributed by atoms with Gasteiger partial charge in [0.05, 0.1) is 32.7 Å². The van der Waals surface area contributed by atoms with Gasteiger partial charge in [-0.1, -0.05) is 12.6 Å². The van der Waals surface area contributed by atoms with Crippen LogP contribution in [0.25, 0.3) is 0 Å². The Hall–Kier alpha value is -4.89. The average Bonchev–Trinajstić information content (AvgIpc) is 3.07. The van der Waals surface area contributed by atoms with Gasteiger partial charge in [0.15, 0.2) is 11.5 Å². The van der Waals surface area contributed by atoms with Crippen molar-refractivity contribution >= 4 is 45.0 Å². The average molecular weight is 666 g/mol. The Morgan fingerprint density at radius 1 is 0.957 bits per heavy atom. The lowest BCUT2D eigenvalue weighted by Crippen LogP contribution is -2.58. The number of methoxy groups -OCH3 is 3. The maximum Gasteiger partial charge on any atom is 0.251 e. The predicted molar refractivity (Wildman–Crippen MR) is 176 cm³/mol. The molecule has 3 fully saturated rings. The number of primary sulfonamides is 1. The molecule has 0 aliphatic heterocycles. The van der Waals surface area contributed by atoms with Crippen molar-refractivity contribution in [3.8, 4) is 17.2 Å². The summed E-state index contributed by atoms with van der Waals surface area (Å²) in [4.78, 5) is 34.0. The molecule has 6 rings (SSSR count). The van der Waals surface area contributed by atoms with Crippen molar-refractivity contribution in [2.24, 2.45) is 10.6 Å². The standard InChI is InChI=1S/C32H39N7O7S/c1-5-26(40)35-19-31-10-13-32(14-11-31,15-12-31)39-29(41)20-17-22(27(46-4)24(18-20)45-3)37-30-34-16-9-25(38-30)36-21-7-6-8-23(44-2)28(21)47(33,42)43/h5-9,16-18H,1,10-15,19H2,2-4H3,(H,35,40)(H,39,41)(H2,33,42,43)(H2,34,36,37,38). The molecule has 0 spiro atoms. The molecule has 0 atom stereocenters. The van der Waals surface area contributed by atoms with Crippen LogP contribution in [0.15, 0.2) is 60.1 Å². The van der Waals surface area contributed by atoms with Crippen LogP contribution in [0.5, 0.6) is 17.2 Å². The molecule has 2 amide bonds. The van der Waals surface area contributed by atoms with E-state index in [4.69, 9.17) is 19.3 Å². The zero-order valence-electron chi connectivity index (χ0n) is 26.5. The summed E-state index contributed by atoms with van der Waals surface area (Å²) in [6.45, 7) is 4.14. The van der Waals surface area contributed by atoms with Gasteiger partial charge in [-0.05, 0) is 80.3 Å². The Morgan fingerprint density at radius 2 is 1.66 bits per heavy atom. The first kappa shape index (κ1) is 33.5. The number of amides is 2. The molecule has 2 aromatic carbocycles. The Labute approximate surface area is 273 Å². The van der Waals surface area contributed by atoms with Crippen molar-refractivity contribution in [3.05, 3.63) is 60.8 Å². The van der Waals surface area contributed by atoms with Crippen molar-refractivity contribution in [2.75, 3.05) is 38.5 Å². The summed E-state index contributed by atoms with van der Waals surface area (Å²) in [5.74, 6) is 0.695. The molecule has 14 nitrogen and oxygen atoms in total. The summed E-state index contributed by atoms with van der Waals surface area (Å²) < 4.78 is 41.0. The Balaban J connectivity index is 1.36. The van der Waals surface area contributed by atoms with Crippen LogP contribution in [0, 0.1) is 5.41 Å². The van der Waals surface area contributed by atoms with Crippen molar-refractivity contribution in [1.82, 2.24) is 20.6 Å². The summed E-state index contributed by atoms with van der Waals surface area (Å²) in [7, 11) is 0.162. The highest BCUT2D eigenvalue weighted by molar-refractivity contribution is 7.89. The highest BCUT2D eigenvalue weighted by atomic mass is 32.2. The molecule has 3 aromatic rings. The zero-order chi connectivity index (χ0) is 33.8. The summed E-state index contributed by atoms with van der Waals surface area (Å²) in [5.41, 5.74) is 0.604. The summed E-state index contributed by atoms with van der Waals surface area (Å²) >= 11 is 0. The number of carbonyl (C=O) groups excluding carboxylic acids is 2. The third kappa shape index (κ3) is 7.25. The maximum absolute atomic E-state index is 13.7. The normalized spacial score (nSPS) is 20.1. The summed E-state index contributed by atoms with van der Waals surface area (Å²) in [6, 6.07) is 9.44. The Bertz CT molecular complexity index is 1770. The largest absolute Gasteiger partial charge is 0.495 e. The van der Waals surface area contributed by atoms with Crippen LogP contribution >= 0.6 is 0 Å². The van der Waals surface area contributed by atoms with Crippen LogP contribution in [0.2, 0.25) is 0 Å². The number of ether oxygens (including phenoxy) is 3. The number of nitrogens with zero attached hydrogens (tertiary/aromatic N) is 2. The molecular weight excluding hydrogens is 626 g/mol. The molecule has 15 heteroatoms. The number of nitrogens with two attached hydrogens (primary N) is 1. The molecular formula is C32H39N7O7S. The van der Waals surface area contributed by atoms with Crippen LogP contribution in [0.3, 0.4) is 0 Å². The van der Waals surface area contributed by atoms with E-state index in [2.05, 4.69) is 37.8 Å². The Kier molecular flexibility index (Phi) is 9.58. The van der Waals surface area contributed by atoms with Gasteiger partial charge < -0.3 is 35.5 Å². The van der Waals surface area contributed by atoms with Gasteiger partial charge in [-0.15, -0.1) is 0 Å². The van der Waals surface area contributed by atoms with Gasteiger partial charge in [-0.2, -0.15) is 4.98 Å². The number of carbonyl (C=O) groups is 2. The first-order valence-electron chi connectivity index (χ1n) is 15.0. The van der Waals surface area contributed by atoms with E-state index < -0.39 is 10.0 Å². The minimum atomic E-state index is -4.14. The van der Waals surface area contributed by atoms with E-state index in [0.29, 0.717) is 29.3 Å². The fourth-order valence-corrected chi connectivity index (χ4v) is 7.24.